The van der Waals surface area contributed by atoms with Gasteiger partial charge in [0.25, 0.3) is 0 Å². The van der Waals surface area contributed by atoms with E-state index < -0.39 is 5.67 Å². The molecule has 0 atom stereocenters. The van der Waals surface area contributed by atoms with Crippen molar-refractivity contribution >= 4 is 15.9 Å². The molecule has 0 heterocycles. The van der Waals surface area contributed by atoms with Crippen LogP contribution in [-0.4, -0.2) is 10.5 Å². The second-order valence-corrected chi connectivity index (χ2v) is 4.38. The highest BCUT2D eigenvalue weighted by atomic mass is 79.9. The number of halogens is 2. The van der Waals surface area contributed by atoms with Crippen LogP contribution in [0.3, 0.4) is 0 Å². The minimum absolute atomic E-state index is 0.571. The van der Waals surface area contributed by atoms with Crippen LogP contribution in [0.25, 0.3) is 0 Å². The molecule has 0 nitrogen and oxygen atoms in total. The van der Waals surface area contributed by atoms with Crippen molar-refractivity contribution < 1.29 is 4.39 Å². The second kappa shape index (κ2) is 2.57. The molecule has 0 aliphatic heterocycles. The molecule has 0 spiro atoms. The molecule has 0 aromatic carbocycles. The molecule has 1 rings (SSSR count). The normalized spacial score (nSPS) is 45.0. The predicted molar refractivity (Wildman–Crippen MR) is 40.7 cm³/mol. The summed E-state index contributed by atoms with van der Waals surface area (Å²) in [5, 5.41) is 0. The van der Waals surface area contributed by atoms with E-state index in [0.29, 0.717) is 4.83 Å². The molecule has 2 heteroatoms. The summed E-state index contributed by atoms with van der Waals surface area (Å²) in [7, 11) is 0. The molecule has 1 saturated carbocycles. The SMILES string of the molecule is CC1(F)CCC(Br)CC1. The van der Waals surface area contributed by atoms with Crippen LogP contribution in [0.2, 0.25) is 0 Å². The quantitative estimate of drug-likeness (QED) is 0.521. The number of hydrogen-bond acceptors (Lipinski definition) is 0. The van der Waals surface area contributed by atoms with Gasteiger partial charge in [-0.3, -0.25) is 0 Å². The highest BCUT2D eigenvalue weighted by Gasteiger charge is 2.29. The zero-order valence-electron chi connectivity index (χ0n) is 5.66. The van der Waals surface area contributed by atoms with Crippen LogP contribution in [0.15, 0.2) is 0 Å². The van der Waals surface area contributed by atoms with Crippen molar-refractivity contribution in [2.45, 2.75) is 43.1 Å². The molecule has 0 aromatic heterocycles. The van der Waals surface area contributed by atoms with Gasteiger partial charge in [0.05, 0.1) is 0 Å². The Labute approximate surface area is 64.0 Å². The maximum Gasteiger partial charge on any atom is 0.108 e. The van der Waals surface area contributed by atoms with Crippen molar-refractivity contribution in [2.75, 3.05) is 0 Å². The zero-order valence-corrected chi connectivity index (χ0v) is 7.25. The molecule has 0 amide bonds. The third kappa shape index (κ3) is 2.24. The molecule has 1 aliphatic carbocycles. The van der Waals surface area contributed by atoms with Crippen LogP contribution in [-0.2, 0) is 0 Å². The van der Waals surface area contributed by atoms with Crippen molar-refractivity contribution in [3.63, 3.8) is 0 Å². The summed E-state index contributed by atoms with van der Waals surface area (Å²) < 4.78 is 13.0. The Bertz CT molecular complexity index is 91.1. The first-order valence-corrected chi connectivity index (χ1v) is 4.35. The van der Waals surface area contributed by atoms with Crippen LogP contribution in [0.4, 0.5) is 4.39 Å². The summed E-state index contributed by atoms with van der Waals surface area (Å²) in [6, 6.07) is 0. The molecular weight excluding hydrogens is 183 g/mol. The average molecular weight is 195 g/mol. The van der Waals surface area contributed by atoms with Crippen LogP contribution in [0.5, 0.6) is 0 Å². The molecule has 54 valence electrons. The predicted octanol–water partition coefficient (Wildman–Crippen LogP) is 3.05. The Hall–Kier alpha value is 0.410. The van der Waals surface area contributed by atoms with Gasteiger partial charge in [0.2, 0.25) is 0 Å². The summed E-state index contributed by atoms with van der Waals surface area (Å²) in [5.74, 6) is 0. The van der Waals surface area contributed by atoms with E-state index in [1.807, 2.05) is 0 Å². The summed E-state index contributed by atoms with van der Waals surface area (Å²) in [6.45, 7) is 1.70. The van der Waals surface area contributed by atoms with Crippen LogP contribution >= 0.6 is 15.9 Å². The van der Waals surface area contributed by atoms with E-state index >= 15 is 0 Å². The third-order valence-electron chi connectivity index (χ3n) is 1.96. The topological polar surface area (TPSA) is 0 Å². The van der Waals surface area contributed by atoms with Crippen LogP contribution in [0.1, 0.15) is 32.6 Å². The maximum absolute atomic E-state index is 13.0. The van der Waals surface area contributed by atoms with Crippen molar-refractivity contribution in [2.24, 2.45) is 0 Å². The van der Waals surface area contributed by atoms with Crippen molar-refractivity contribution in [3.8, 4) is 0 Å². The largest absolute Gasteiger partial charge is 0.244 e. The van der Waals surface area contributed by atoms with E-state index in [9.17, 15) is 4.39 Å². The van der Waals surface area contributed by atoms with Gasteiger partial charge in [0, 0.05) is 4.83 Å². The van der Waals surface area contributed by atoms with Gasteiger partial charge >= 0.3 is 0 Å². The number of alkyl halides is 2. The Balaban J connectivity index is 2.35. The Kier molecular flexibility index (Phi) is 2.14. The molecule has 0 bridgehead atoms. The lowest BCUT2D eigenvalue weighted by Gasteiger charge is -2.27. The highest BCUT2D eigenvalue weighted by molar-refractivity contribution is 9.09. The summed E-state index contributed by atoms with van der Waals surface area (Å²) in [6.07, 6.45) is 3.44. The molecule has 1 aliphatic rings. The van der Waals surface area contributed by atoms with Crippen molar-refractivity contribution in [1.29, 1.82) is 0 Å². The van der Waals surface area contributed by atoms with Gasteiger partial charge in [-0.25, -0.2) is 4.39 Å². The lowest BCUT2D eigenvalue weighted by atomic mass is 9.88. The summed E-state index contributed by atoms with van der Waals surface area (Å²) in [4.78, 5) is 0.571. The van der Waals surface area contributed by atoms with E-state index in [1.165, 1.54) is 0 Å². The van der Waals surface area contributed by atoms with Gasteiger partial charge in [-0.1, -0.05) is 15.9 Å². The molecule has 0 unspecified atom stereocenters. The van der Waals surface area contributed by atoms with E-state index in [1.54, 1.807) is 6.92 Å². The maximum atomic E-state index is 13.0. The average Bonchev–Trinajstić information content (AvgIpc) is 1.78. The van der Waals surface area contributed by atoms with E-state index in [0.717, 1.165) is 25.7 Å². The smallest absolute Gasteiger partial charge is 0.108 e. The lowest BCUT2D eigenvalue weighted by molar-refractivity contribution is 0.133. The summed E-state index contributed by atoms with van der Waals surface area (Å²) >= 11 is 3.47. The second-order valence-electron chi connectivity index (χ2n) is 3.09. The molecule has 0 saturated heterocycles. The Morgan fingerprint density at radius 3 is 2.22 bits per heavy atom. The van der Waals surface area contributed by atoms with E-state index in [2.05, 4.69) is 15.9 Å². The third-order valence-corrected chi connectivity index (χ3v) is 2.87. The number of hydrogen-bond donors (Lipinski definition) is 0. The van der Waals surface area contributed by atoms with Gasteiger partial charge in [-0.2, -0.15) is 0 Å². The molecule has 0 radical (unpaired) electrons. The fourth-order valence-corrected chi connectivity index (χ4v) is 1.64. The summed E-state index contributed by atoms with van der Waals surface area (Å²) in [5.41, 5.74) is -0.871. The van der Waals surface area contributed by atoms with Gasteiger partial charge < -0.3 is 0 Å². The van der Waals surface area contributed by atoms with Gasteiger partial charge in [0.1, 0.15) is 5.67 Å². The monoisotopic (exact) mass is 194 g/mol. The molecule has 0 aromatic rings. The standard InChI is InChI=1S/C7H12BrF/c1-7(9)4-2-6(8)3-5-7/h6H,2-5H2,1H3. The van der Waals surface area contributed by atoms with Gasteiger partial charge in [0.15, 0.2) is 0 Å². The van der Waals surface area contributed by atoms with Crippen molar-refractivity contribution in [3.05, 3.63) is 0 Å². The van der Waals surface area contributed by atoms with Crippen molar-refractivity contribution in [1.82, 2.24) is 0 Å². The fraction of sp³-hybridized carbons (Fsp3) is 1.00. The number of rotatable bonds is 0. The first-order valence-electron chi connectivity index (χ1n) is 3.43. The van der Waals surface area contributed by atoms with E-state index in [-0.39, 0.29) is 0 Å². The molecule has 1 fully saturated rings. The fourth-order valence-electron chi connectivity index (χ4n) is 1.18. The Morgan fingerprint density at radius 2 is 1.89 bits per heavy atom. The lowest BCUT2D eigenvalue weighted by Crippen LogP contribution is -2.25. The van der Waals surface area contributed by atoms with Gasteiger partial charge in [-0.05, 0) is 32.6 Å². The minimum Gasteiger partial charge on any atom is -0.244 e. The van der Waals surface area contributed by atoms with Crippen LogP contribution in [0, 0.1) is 0 Å². The minimum atomic E-state index is -0.871. The van der Waals surface area contributed by atoms with Gasteiger partial charge in [-0.15, -0.1) is 0 Å². The highest BCUT2D eigenvalue weighted by Crippen LogP contribution is 2.34. The molecule has 9 heavy (non-hydrogen) atoms. The zero-order chi connectivity index (χ0) is 6.91. The molecular formula is C7H12BrF. The first kappa shape index (κ1) is 7.52. The first-order chi connectivity index (χ1) is 4.10. The van der Waals surface area contributed by atoms with Crippen LogP contribution < -0.4 is 0 Å². The van der Waals surface area contributed by atoms with E-state index in [4.69, 9.17) is 0 Å². The molecule has 0 N–H and O–H groups in total. The Morgan fingerprint density at radius 1 is 1.44 bits per heavy atom.